The molecule has 0 bridgehead atoms. The molecule has 1 heterocycles. The van der Waals surface area contributed by atoms with Gasteiger partial charge in [-0.1, -0.05) is 45.0 Å². The summed E-state index contributed by atoms with van der Waals surface area (Å²) in [5.41, 5.74) is 2.10. The van der Waals surface area contributed by atoms with Crippen LogP contribution in [0.1, 0.15) is 50.7 Å². The molecule has 0 saturated carbocycles. The first-order valence-electron chi connectivity index (χ1n) is 8.03. The zero-order valence-corrected chi connectivity index (χ0v) is 13.8. The first-order valence-corrected chi connectivity index (χ1v) is 8.03. The molecule has 5 heteroatoms. The van der Waals surface area contributed by atoms with Crippen LogP contribution >= 0.6 is 0 Å². The number of imide groups is 1. The molecule has 2 rings (SSSR count). The molecule has 2 amide bonds. The molecule has 5 nitrogen and oxygen atoms in total. The van der Waals surface area contributed by atoms with Crippen LogP contribution in [0.3, 0.4) is 0 Å². The average molecular weight is 317 g/mol. The van der Waals surface area contributed by atoms with Gasteiger partial charge in [-0.2, -0.15) is 0 Å². The van der Waals surface area contributed by atoms with Crippen LogP contribution in [0.5, 0.6) is 0 Å². The van der Waals surface area contributed by atoms with Crippen molar-refractivity contribution in [2.24, 2.45) is 5.92 Å². The molecule has 23 heavy (non-hydrogen) atoms. The van der Waals surface area contributed by atoms with Crippen molar-refractivity contribution in [1.82, 2.24) is 5.32 Å². The van der Waals surface area contributed by atoms with Crippen LogP contribution in [0.25, 0.3) is 0 Å². The van der Waals surface area contributed by atoms with Crippen molar-refractivity contribution in [1.29, 1.82) is 0 Å². The Morgan fingerprint density at radius 1 is 1.26 bits per heavy atom. The van der Waals surface area contributed by atoms with Crippen molar-refractivity contribution in [2.75, 3.05) is 0 Å². The van der Waals surface area contributed by atoms with Crippen molar-refractivity contribution in [3.63, 3.8) is 0 Å². The minimum absolute atomic E-state index is 0.0890. The summed E-state index contributed by atoms with van der Waals surface area (Å²) in [6.07, 6.45) is 0.481. The summed E-state index contributed by atoms with van der Waals surface area (Å²) >= 11 is 0. The number of nitrogens with one attached hydrogen (secondary N) is 1. The number of hydrogen-bond acceptors (Lipinski definition) is 4. The molecule has 1 saturated heterocycles. The zero-order chi connectivity index (χ0) is 17.0. The van der Waals surface area contributed by atoms with E-state index in [2.05, 4.69) is 19.2 Å². The standard InChI is InChI=1S/C18H23NO4/c1-4-14(13-7-5-12(6-8-13)9-11(2)3)18(22)23-15-10-16(20)19-17(15)21/h5-8,11,14-15H,4,9-10H2,1-3H3,(H,19,20,21). The van der Waals surface area contributed by atoms with Gasteiger partial charge < -0.3 is 4.74 Å². The second kappa shape index (κ2) is 7.40. The first-order chi connectivity index (χ1) is 10.9. The molecule has 2 unspecified atom stereocenters. The van der Waals surface area contributed by atoms with Gasteiger partial charge in [-0.15, -0.1) is 0 Å². The largest absolute Gasteiger partial charge is 0.451 e. The van der Waals surface area contributed by atoms with Crippen LogP contribution in [0.4, 0.5) is 0 Å². The zero-order valence-electron chi connectivity index (χ0n) is 13.8. The third-order valence-electron chi connectivity index (χ3n) is 3.90. The van der Waals surface area contributed by atoms with E-state index in [1.807, 2.05) is 31.2 Å². The maximum Gasteiger partial charge on any atom is 0.314 e. The van der Waals surface area contributed by atoms with Crippen LogP contribution in [0.15, 0.2) is 24.3 Å². The first kappa shape index (κ1) is 17.2. The van der Waals surface area contributed by atoms with Gasteiger partial charge in [0.05, 0.1) is 12.3 Å². The van der Waals surface area contributed by atoms with Gasteiger partial charge in [-0.05, 0) is 29.9 Å². The van der Waals surface area contributed by atoms with E-state index in [-0.39, 0.29) is 6.42 Å². The number of benzene rings is 1. The predicted octanol–water partition coefficient (Wildman–Crippen LogP) is 2.34. The van der Waals surface area contributed by atoms with Gasteiger partial charge in [0.25, 0.3) is 5.91 Å². The van der Waals surface area contributed by atoms with Crippen LogP contribution in [0.2, 0.25) is 0 Å². The van der Waals surface area contributed by atoms with Gasteiger partial charge in [0.2, 0.25) is 5.91 Å². The normalized spacial score (nSPS) is 18.9. The van der Waals surface area contributed by atoms with Gasteiger partial charge in [0.1, 0.15) is 0 Å². The molecule has 0 aromatic heterocycles. The summed E-state index contributed by atoms with van der Waals surface area (Å²) in [5.74, 6) is -1.25. The Kier molecular flexibility index (Phi) is 5.53. The molecular formula is C18H23NO4. The van der Waals surface area contributed by atoms with E-state index in [4.69, 9.17) is 4.74 Å². The molecule has 1 aliphatic rings. The summed E-state index contributed by atoms with van der Waals surface area (Å²) in [6.45, 7) is 6.22. The molecule has 124 valence electrons. The van der Waals surface area contributed by atoms with Gasteiger partial charge in [0.15, 0.2) is 6.10 Å². The van der Waals surface area contributed by atoms with Crippen LogP contribution < -0.4 is 5.32 Å². The molecule has 1 aromatic carbocycles. The van der Waals surface area contributed by atoms with Gasteiger partial charge in [-0.25, -0.2) is 0 Å². The van der Waals surface area contributed by atoms with Crippen molar-refractivity contribution in [3.05, 3.63) is 35.4 Å². The molecule has 0 aliphatic carbocycles. The smallest absolute Gasteiger partial charge is 0.314 e. The molecule has 0 radical (unpaired) electrons. The maximum atomic E-state index is 12.3. The Morgan fingerprint density at radius 2 is 1.91 bits per heavy atom. The number of hydrogen-bond donors (Lipinski definition) is 1. The fourth-order valence-corrected chi connectivity index (χ4v) is 2.74. The highest BCUT2D eigenvalue weighted by Gasteiger charge is 2.35. The van der Waals surface area contributed by atoms with Crippen LogP contribution in [-0.2, 0) is 25.5 Å². The number of esters is 1. The third-order valence-corrected chi connectivity index (χ3v) is 3.90. The van der Waals surface area contributed by atoms with E-state index in [0.29, 0.717) is 12.3 Å². The minimum Gasteiger partial charge on any atom is -0.451 e. The molecule has 1 aliphatic heterocycles. The third kappa shape index (κ3) is 4.41. The second-order valence-electron chi connectivity index (χ2n) is 6.34. The maximum absolute atomic E-state index is 12.3. The quantitative estimate of drug-likeness (QED) is 0.645. The topological polar surface area (TPSA) is 72.5 Å². The molecular weight excluding hydrogens is 294 g/mol. The lowest BCUT2D eigenvalue weighted by molar-refractivity contribution is -0.155. The fraction of sp³-hybridized carbons (Fsp3) is 0.500. The van der Waals surface area contributed by atoms with E-state index in [1.165, 1.54) is 5.56 Å². The van der Waals surface area contributed by atoms with E-state index in [9.17, 15) is 14.4 Å². The number of rotatable bonds is 6. The summed E-state index contributed by atoms with van der Waals surface area (Å²) in [5, 5.41) is 2.14. The summed E-state index contributed by atoms with van der Waals surface area (Å²) in [7, 11) is 0. The van der Waals surface area contributed by atoms with Crippen LogP contribution in [-0.4, -0.2) is 23.9 Å². The van der Waals surface area contributed by atoms with Crippen molar-refractivity contribution < 1.29 is 19.1 Å². The predicted molar refractivity (Wildman–Crippen MR) is 85.7 cm³/mol. The molecule has 0 spiro atoms. The van der Waals surface area contributed by atoms with E-state index >= 15 is 0 Å². The number of carbonyl (C=O) groups excluding carboxylic acids is 3. The number of amides is 2. The fourth-order valence-electron chi connectivity index (χ4n) is 2.74. The number of carbonyl (C=O) groups is 3. The van der Waals surface area contributed by atoms with E-state index in [1.54, 1.807) is 0 Å². The van der Waals surface area contributed by atoms with Crippen molar-refractivity contribution in [3.8, 4) is 0 Å². The van der Waals surface area contributed by atoms with Gasteiger partial charge >= 0.3 is 5.97 Å². The Bertz CT molecular complexity index is 592. The summed E-state index contributed by atoms with van der Waals surface area (Å²) in [4.78, 5) is 35.0. The monoisotopic (exact) mass is 317 g/mol. The summed E-state index contributed by atoms with van der Waals surface area (Å²) in [6, 6.07) is 7.92. The van der Waals surface area contributed by atoms with Crippen molar-refractivity contribution >= 4 is 17.8 Å². The lowest BCUT2D eigenvalue weighted by Crippen LogP contribution is -2.30. The lowest BCUT2D eigenvalue weighted by Gasteiger charge is -2.17. The Labute approximate surface area is 136 Å². The van der Waals surface area contributed by atoms with Crippen LogP contribution in [0, 0.1) is 5.92 Å². The SMILES string of the molecule is CCC(C(=O)OC1CC(=O)NC1=O)c1ccc(CC(C)C)cc1. The highest BCUT2D eigenvalue weighted by Crippen LogP contribution is 2.24. The summed E-state index contributed by atoms with van der Waals surface area (Å²) < 4.78 is 5.22. The molecule has 2 atom stereocenters. The Hall–Kier alpha value is -2.17. The minimum atomic E-state index is -0.996. The van der Waals surface area contributed by atoms with Crippen molar-refractivity contribution in [2.45, 2.75) is 52.1 Å². The molecule has 1 N–H and O–H groups in total. The van der Waals surface area contributed by atoms with Gasteiger partial charge in [0, 0.05) is 0 Å². The van der Waals surface area contributed by atoms with E-state index in [0.717, 1.165) is 12.0 Å². The van der Waals surface area contributed by atoms with Gasteiger partial charge in [-0.3, -0.25) is 19.7 Å². The second-order valence-corrected chi connectivity index (χ2v) is 6.34. The lowest BCUT2D eigenvalue weighted by atomic mass is 9.94. The number of ether oxygens (including phenoxy) is 1. The molecule has 1 aromatic rings. The molecule has 1 fully saturated rings. The Balaban J connectivity index is 2.05. The average Bonchev–Trinajstić information content (AvgIpc) is 2.79. The highest BCUT2D eigenvalue weighted by molar-refractivity contribution is 6.05. The highest BCUT2D eigenvalue weighted by atomic mass is 16.5. The van der Waals surface area contributed by atoms with E-state index < -0.39 is 29.8 Å². The Morgan fingerprint density at radius 3 is 2.39 bits per heavy atom.